The number of aryl methyl sites for hydroxylation is 1. The van der Waals surface area contributed by atoms with E-state index >= 15 is 0 Å². The lowest BCUT2D eigenvalue weighted by molar-refractivity contribution is 0.553. The van der Waals surface area contributed by atoms with Gasteiger partial charge in [0, 0.05) is 31.6 Å². The second-order valence-corrected chi connectivity index (χ2v) is 5.31. The Morgan fingerprint density at radius 2 is 2.12 bits per heavy atom. The van der Waals surface area contributed by atoms with Crippen molar-refractivity contribution in [2.45, 2.75) is 13.0 Å². The Kier molecular flexibility index (Phi) is 5.22. The third-order valence-electron chi connectivity index (χ3n) is 3.48. The zero-order valence-electron chi connectivity index (χ0n) is 13.4. The molecule has 0 atom stereocenters. The van der Waals surface area contributed by atoms with Gasteiger partial charge in [0.05, 0.1) is 6.33 Å². The van der Waals surface area contributed by atoms with Crippen LogP contribution in [0.3, 0.4) is 0 Å². The summed E-state index contributed by atoms with van der Waals surface area (Å²) >= 11 is 0. The van der Waals surface area contributed by atoms with Crippen LogP contribution in [0.1, 0.15) is 23.6 Å². The number of benzene rings is 1. The number of imidazole rings is 1. The summed E-state index contributed by atoms with van der Waals surface area (Å²) in [7, 11) is 0. The molecule has 3 rings (SSSR count). The fourth-order valence-corrected chi connectivity index (χ4v) is 2.23. The van der Waals surface area contributed by atoms with Crippen molar-refractivity contribution in [3.05, 3.63) is 66.0 Å². The fourth-order valence-electron chi connectivity index (χ4n) is 2.23. The summed E-state index contributed by atoms with van der Waals surface area (Å²) in [6.45, 7) is 1.46. The molecule has 3 aromatic rings. The second-order valence-electron chi connectivity index (χ2n) is 5.31. The Hall–Kier alpha value is -3.40. The van der Waals surface area contributed by atoms with E-state index < -0.39 is 0 Å². The maximum Gasteiger partial charge on any atom is 0.232 e. The van der Waals surface area contributed by atoms with E-state index in [1.54, 1.807) is 36.8 Å². The van der Waals surface area contributed by atoms with Gasteiger partial charge >= 0.3 is 0 Å². The molecule has 1 N–H and O–H groups in total. The van der Waals surface area contributed by atoms with Crippen LogP contribution < -0.4 is 5.32 Å². The minimum absolute atomic E-state index is 0.210. The Bertz CT molecular complexity index is 875. The van der Waals surface area contributed by atoms with Crippen LogP contribution >= 0.6 is 0 Å². The maximum atomic E-state index is 12.9. The van der Waals surface area contributed by atoms with E-state index in [4.69, 9.17) is 9.68 Å². The standard InChI is InChI=1S/C18H16FN5O/c19-15-5-2-14(3-6-15)4-7-17-23-16(12-20)18(25-17)22-8-1-10-24-11-9-21-13-24/h2-7,9,11,13,22H,1,8,10H2/b7-4+. The molecule has 0 bridgehead atoms. The second kappa shape index (κ2) is 7.93. The molecule has 2 aromatic heterocycles. The molecule has 0 fully saturated rings. The lowest BCUT2D eigenvalue weighted by atomic mass is 10.2. The third kappa shape index (κ3) is 4.54. The van der Waals surface area contributed by atoms with Crippen molar-refractivity contribution >= 4 is 18.0 Å². The molecule has 0 spiro atoms. The van der Waals surface area contributed by atoms with Crippen molar-refractivity contribution in [3.8, 4) is 6.07 Å². The lowest BCUT2D eigenvalue weighted by Crippen LogP contribution is -2.06. The number of hydrogen-bond donors (Lipinski definition) is 1. The van der Waals surface area contributed by atoms with Crippen molar-refractivity contribution < 1.29 is 8.81 Å². The first-order chi connectivity index (χ1) is 12.2. The Balaban J connectivity index is 1.59. The number of halogens is 1. The van der Waals surface area contributed by atoms with Crippen molar-refractivity contribution in [2.24, 2.45) is 0 Å². The molecule has 1 aromatic carbocycles. The molecule has 0 radical (unpaired) electrons. The van der Waals surface area contributed by atoms with Crippen LogP contribution in [0.2, 0.25) is 0 Å². The van der Waals surface area contributed by atoms with Crippen LogP contribution in [0.15, 0.2) is 47.4 Å². The van der Waals surface area contributed by atoms with Gasteiger partial charge in [0.15, 0.2) is 0 Å². The fraction of sp³-hybridized carbons (Fsp3) is 0.167. The number of oxazole rings is 1. The third-order valence-corrected chi connectivity index (χ3v) is 3.48. The summed E-state index contributed by atoms with van der Waals surface area (Å²) in [6, 6.07) is 8.06. The monoisotopic (exact) mass is 337 g/mol. The number of aromatic nitrogens is 3. The molecule has 6 nitrogen and oxygen atoms in total. The Morgan fingerprint density at radius 1 is 1.28 bits per heavy atom. The van der Waals surface area contributed by atoms with Crippen molar-refractivity contribution in [1.82, 2.24) is 14.5 Å². The van der Waals surface area contributed by atoms with Crippen LogP contribution in [0.5, 0.6) is 0 Å². The van der Waals surface area contributed by atoms with Crippen LogP contribution in [-0.4, -0.2) is 21.1 Å². The normalized spacial score (nSPS) is 10.9. The molecular weight excluding hydrogens is 321 g/mol. The van der Waals surface area contributed by atoms with E-state index in [2.05, 4.69) is 15.3 Å². The number of rotatable bonds is 7. The van der Waals surface area contributed by atoms with Crippen LogP contribution in [0, 0.1) is 17.1 Å². The quantitative estimate of drug-likeness (QED) is 0.667. The topological polar surface area (TPSA) is 79.7 Å². The van der Waals surface area contributed by atoms with Gasteiger partial charge in [0.2, 0.25) is 17.5 Å². The molecule has 2 heterocycles. The summed E-state index contributed by atoms with van der Waals surface area (Å²) in [4.78, 5) is 8.11. The zero-order valence-corrected chi connectivity index (χ0v) is 13.4. The first-order valence-electron chi connectivity index (χ1n) is 7.79. The molecule has 7 heteroatoms. The van der Waals surface area contributed by atoms with Gasteiger partial charge in [-0.25, -0.2) is 9.37 Å². The van der Waals surface area contributed by atoms with Gasteiger partial charge in [-0.1, -0.05) is 12.1 Å². The van der Waals surface area contributed by atoms with Gasteiger partial charge in [-0.3, -0.25) is 0 Å². The van der Waals surface area contributed by atoms with Gasteiger partial charge in [-0.2, -0.15) is 10.2 Å². The van der Waals surface area contributed by atoms with Gasteiger partial charge in [-0.05, 0) is 30.2 Å². The predicted molar refractivity (Wildman–Crippen MR) is 91.9 cm³/mol. The highest BCUT2D eigenvalue weighted by molar-refractivity contribution is 5.67. The highest BCUT2D eigenvalue weighted by atomic mass is 19.1. The highest BCUT2D eigenvalue weighted by Crippen LogP contribution is 2.18. The number of anilines is 1. The molecule has 0 saturated heterocycles. The largest absolute Gasteiger partial charge is 0.420 e. The van der Waals surface area contributed by atoms with E-state index in [1.807, 2.05) is 16.8 Å². The van der Waals surface area contributed by atoms with E-state index in [-0.39, 0.29) is 11.5 Å². The molecular formula is C18H16FN5O. The molecule has 0 aliphatic carbocycles. The molecule has 0 unspecified atom stereocenters. The Labute approximate surface area is 144 Å². The van der Waals surface area contributed by atoms with Crippen molar-refractivity contribution in [1.29, 1.82) is 5.26 Å². The predicted octanol–water partition coefficient (Wildman–Crippen LogP) is 3.55. The van der Waals surface area contributed by atoms with Gasteiger partial charge in [0.1, 0.15) is 11.9 Å². The first-order valence-corrected chi connectivity index (χ1v) is 7.79. The van der Waals surface area contributed by atoms with Crippen LogP contribution in [0.25, 0.3) is 12.2 Å². The molecule has 25 heavy (non-hydrogen) atoms. The molecule has 0 saturated carbocycles. The molecule has 126 valence electrons. The lowest BCUT2D eigenvalue weighted by Gasteiger charge is -2.03. The van der Waals surface area contributed by atoms with E-state index in [0.717, 1.165) is 18.5 Å². The number of nitriles is 1. The van der Waals surface area contributed by atoms with E-state index in [9.17, 15) is 4.39 Å². The average Bonchev–Trinajstić information content (AvgIpc) is 3.28. The number of nitrogens with zero attached hydrogens (tertiary/aromatic N) is 4. The molecule has 0 aliphatic rings. The van der Waals surface area contributed by atoms with Crippen LogP contribution in [0.4, 0.5) is 10.3 Å². The van der Waals surface area contributed by atoms with Gasteiger partial charge < -0.3 is 14.3 Å². The van der Waals surface area contributed by atoms with Crippen molar-refractivity contribution in [3.63, 3.8) is 0 Å². The summed E-state index contributed by atoms with van der Waals surface area (Å²) in [5.41, 5.74) is 1.02. The summed E-state index contributed by atoms with van der Waals surface area (Å²) < 4.78 is 20.4. The number of hydrogen-bond acceptors (Lipinski definition) is 5. The summed E-state index contributed by atoms with van der Waals surface area (Å²) in [5.74, 6) is 0.382. The minimum Gasteiger partial charge on any atom is -0.420 e. The first kappa shape index (κ1) is 16.5. The van der Waals surface area contributed by atoms with Crippen molar-refractivity contribution in [2.75, 3.05) is 11.9 Å². The minimum atomic E-state index is -0.290. The summed E-state index contributed by atoms with van der Waals surface area (Å²) in [6.07, 6.45) is 9.63. The smallest absolute Gasteiger partial charge is 0.232 e. The van der Waals surface area contributed by atoms with Gasteiger partial charge in [0.25, 0.3) is 0 Å². The zero-order chi connectivity index (χ0) is 17.5. The molecule has 0 aliphatic heterocycles. The molecule has 0 amide bonds. The van der Waals surface area contributed by atoms with Gasteiger partial charge in [-0.15, -0.1) is 0 Å². The SMILES string of the molecule is N#Cc1nc(/C=C/c2ccc(F)cc2)oc1NCCCn1ccnc1. The summed E-state index contributed by atoms with van der Waals surface area (Å²) in [5, 5.41) is 12.2. The highest BCUT2D eigenvalue weighted by Gasteiger charge is 2.10. The Morgan fingerprint density at radius 3 is 2.84 bits per heavy atom. The average molecular weight is 337 g/mol. The van der Waals surface area contributed by atoms with E-state index in [0.29, 0.717) is 18.3 Å². The van der Waals surface area contributed by atoms with Crippen LogP contribution in [-0.2, 0) is 6.54 Å². The maximum absolute atomic E-state index is 12.9. The van der Waals surface area contributed by atoms with E-state index in [1.165, 1.54) is 12.1 Å². The number of nitrogens with one attached hydrogen (secondary N) is 1.